The van der Waals surface area contributed by atoms with Gasteiger partial charge in [-0.3, -0.25) is 4.79 Å². The van der Waals surface area contributed by atoms with Gasteiger partial charge in [0.25, 0.3) is 0 Å². The summed E-state index contributed by atoms with van der Waals surface area (Å²) in [6, 6.07) is 125. The minimum Gasteiger partial charge on any atom is -0.495 e. The van der Waals surface area contributed by atoms with E-state index in [0.717, 1.165) is 160 Å². The molecule has 21 aromatic rings. The average Bonchev–Trinajstić information content (AvgIpc) is 0.713. The van der Waals surface area contributed by atoms with Crippen molar-refractivity contribution in [2.75, 3.05) is 55.1 Å². The van der Waals surface area contributed by atoms with E-state index in [2.05, 4.69) is 279 Å². The summed E-state index contributed by atoms with van der Waals surface area (Å²) < 4.78 is 71.8. The first-order valence-corrected chi connectivity index (χ1v) is 52.6. The maximum Gasteiger partial charge on any atom is 0.210 e. The summed E-state index contributed by atoms with van der Waals surface area (Å²) >= 11 is 1.85. The number of pyridine rings is 1. The molecule has 4 aliphatic rings. The van der Waals surface area contributed by atoms with Gasteiger partial charge in [-0.25, -0.2) is 12.6 Å². The SMILES string of the molecule is COc1ccc2ccccc2c1-n1c2ccc(C)cc2c(=O)c2cc(C)ccc21.COc1ccc2ccccc2c1N1c2ccc(C)cc2C(=C(C)C)c2cc(C)ccc21.COc1ccc2ccccc2c1N1c2ccc(C)cc2S(=O)(=O)c2cc(C)ccc21.COc1ccc2ccccc2c1N1c2ccc(C)cc2S(=O)c2cc(C)ccc21.COc1ccc2ccccc2c1N1c2ccc(C)cc2Sc2cc(C)ccc21. The summed E-state index contributed by atoms with van der Waals surface area (Å²) in [5.41, 5.74) is 31.0. The van der Waals surface area contributed by atoms with Gasteiger partial charge < -0.3 is 47.9 Å². The molecule has 0 amide bonds. The van der Waals surface area contributed by atoms with Crippen molar-refractivity contribution in [3.63, 3.8) is 0 Å². The fraction of sp³-hybridized carbons (Fsp3) is 0.131. The zero-order chi connectivity index (χ0) is 102. The first-order valence-electron chi connectivity index (χ1n) is 49.2. The lowest BCUT2D eigenvalue weighted by molar-refractivity contribution is 0.414. The molecule has 0 fully saturated rings. The first kappa shape index (κ1) is 96.7. The average molecular weight is 1980 g/mol. The second-order valence-electron chi connectivity index (χ2n) is 38.4. The van der Waals surface area contributed by atoms with Crippen LogP contribution in [-0.2, 0) is 20.6 Å². The Hall–Kier alpha value is -16.4. The molecule has 17 heteroatoms. The molecular weight excluding hydrogens is 1870 g/mol. The fourth-order valence-electron chi connectivity index (χ4n) is 21.1. The number of fused-ring (bicyclic) bond motifs is 15. The van der Waals surface area contributed by atoms with E-state index in [0.29, 0.717) is 26.9 Å². The Morgan fingerprint density at radius 3 is 0.864 bits per heavy atom. The topological polar surface area (TPSA) is 132 Å². The van der Waals surface area contributed by atoms with Crippen LogP contribution in [0, 0.1) is 69.2 Å². The molecule has 1 aromatic heterocycles. The Labute approximate surface area is 865 Å². The second kappa shape index (κ2) is 39.6. The number of hydrogen-bond acceptors (Lipinski definition) is 14. The monoisotopic (exact) mass is 1980 g/mol. The highest BCUT2D eigenvalue weighted by atomic mass is 32.2. The van der Waals surface area contributed by atoms with E-state index in [4.69, 9.17) is 23.7 Å². The Morgan fingerprint density at radius 1 is 0.265 bits per heavy atom. The number of sulfone groups is 1. The van der Waals surface area contributed by atoms with Crippen LogP contribution in [0.3, 0.4) is 0 Å². The van der Waals surface area contributed by atoms with E-state index in [9.17, 15) is 17.4 Å². The molecule has 0 N–H and O–H groups in total. The Balaban J connectivity index is 0.000000108. The van der Waals surface area contributed by atoms with Crippen molar-refractivity contribution in [3.8, 4) is 34.4 Å². The van der Waals surface area contributed by atoms with Crippen LogP contribution in [0.4, 0.5) is 68.2 Å². The minimum absolute atomic E-state index is 0.0675. The highest BCUT2D eigenvalue weighted by Crippen LogP contribution is 2.60. The molecule has 4 aliphatic heterocycles. The number of allylic oxidation sites excluding steroid dienone is 1. The van der Waals surface area contributed by atoms with E-state index in [1.54, 1.807) is 47.7 Å². The maximum atomic E-state index is 13.5. The summed E-state index contributed by atoms with van der Waals surface area (Å²) in [6.45, 7) is 25.0. The predicted molar refractivity (Wildman–Crippen MR) is 611 cm³/mol. The summed E-state index contributed by atoms with van der Waals surface area (Å²) in [7, 11) is 3.66. The Kier molecular flexibility index (Phi) is 26.0. The van der Waals surface area contributed by atoms with E-state index in [1.165, 1.54) is 98.6 Å². The number of ether oxygens (including phenoxy) is 5. The largest absolute Gasteiger partial charge is 0.495 e. The van der Waals surface area contributed by atoms with Crippen LogP contribution in [-0.4, -0.2) is 52.7 Å². The van der Waals surface area contributed by atoms with Gasteiger partial charge in [-0.05, 0) is 301 Å². The van der Waals surface area contributed by atoms with Crippen LogP contribution < -0.4 is 48.7 Å². The molecule has 0 bridgehead atoms. The quantitative estimate of drug-likeness (QED) is 0.120. The van der Waals surface area contributed by atoms with Gasteiger partial charge in [-0.2, -0.15) is 0 Å². The lowest BCUT2D eigenvalue weighted by Crippen LogP contribution is -2.23. The summed E-state index contributed by atoms with van der Waals surface area (Å²) in [4.78, 5) is 27.2. The number of rotatable bonds is 10. The third kappa shape index (κ3) is 17.5. The molecule has 25 rings (SSSR count). The minimum atomic E-state index is -3.64. The summed E-state index contributed by atoms with van der Waals surface area (Å²) in [5.74, 6) is 4.00. The molecule has 728 valence electrons. The molecule has 0 saturated heterocycles. The highest BCUT2D eigenvalue weighted by Gasteiger charge is 2.40. The van der Waals surface area contributed by atoms with Crippen molar-refractivity contribution in [2.45, 2.75) is 112 Å². The zero-order valence-corrected chi connectivity index (χ0v) is 87.7. The van der Waals surface area contributed by atoms with Crippen molar-refractivity contribution < 1.29 is 36.3 Å². The summed E-state index contributed by atoms with van der Waals surface area (Å²) in [6.07, 6.45) is 0. The highest BCUT2D eigenvalue weighted by molar-refractivity contribution is 7.99. The third-order valence-electron chi connectivity index (χ3n) is 28.0. The molecule has 0 saturated carbocycles. The number of nitrogens with zero attached hydrogens (tertiary/aromatic N) is 5. The molecule has 0 aliphatic carbocycles. The van der Waals surface area contributed by atoms with E-state index >= 15 is 0 Å². The number of methoxy groups -OCH3 is 5. The van der Waals surface area contributed by atoms with Crippen LogP contribution in [0.5, 0.6) is 28.7 Å². The van der Waals surface area contributed by atoms with Gasteiger partial charge in [-0.1, -0.05) is 252 Å². The van der Waals surface area contributed by atoms with Crippen LogP contribution in [0.25, 0.3) is 86.9 Å². The van der Waals surface area contributed by atoms with Crippen molar-refractivity contribution >= 4 is 182 Å². The zero-order valence-electron chi connectivity index (χ0n) is 85.3. The van der Waals surface area contributed by atoms with Crippen molar-refractivity contribution in [3.05, 3.63) is 447 Å². The Bertz CT molecular complexity index is 8930. The lowest BCUT2D eigenvalue weighted by Gasteiger charge is -2.37. The Morgan fingerprint density at radius 2 is 0.524 bits per heavy atom. The number of anilines is 12. The molecular formula is C130H111N5O9S3. The van der Waals surface area contributed by atoms with Gasteiger partial charge in [-0.15, -0.1) is 0 Å². The van der Waals surface area contributed by atoms with Crippen LogP contribution in [0.2, 0.25) is 0 Å². The standard InChI is InChI=1S/C29H27NO.C26H21NO2.C25H21NO3S.C25H21NO2S.C25H21NOS/c1-18(2)28-23-16-19(3)10-13-25(23)30(26-14-11-20(4)17-24(26)28)29-22-9-7-6-8-21(22)12-15-27(29)31-5;1-16-8-11-22-20(14-16)26(28)21-15-17(2)9-12-23(21)27(22)25-19-7-5-4-6-18(19)10-13-24(25)29-3;1-16-8-11-20-23(14-16)30(27,28)24-15-17(2)9-12-21(24)26(20)25-19-7-5-4-6-18(19)10-13-22(25)29-3;1-16-8-11-20-23(14-16)29(27)24-15-17(2)9-12-21(24)26(20)25-19-7-5-4-6-18(19)10-13-22(25)28-3;1-16-8-11-20-23(14-16)28-24-15-17(2)9-12-21(24)26(20)25-19-7-5-4-6-18(19)10-13-22(25)27-3/h6-17H,1-5H3;4-15H,1-3H3;4-15H,1-3H3;4-15H,1-3H3;4-15H,1-3H3. The molecule has 14 nitrogen and oxygen atoms in total. The van der Waals surface area contributed by atoms with Gasteiger partial charge in [0.1, 0.15) is 28.7 Å². The third-order valence-corrected chi connectivity index (χ3v) is 32.3. The first-order chi connectivity index (χ1) is 71.2. The molecule has 5 heterocycles. The number of aryl methyl sites for hydroxylation is 10. The number of benzene rings is 20. The lowest BCUT2D eigenvalue weighted by atomic mass is 9.85. The molecule has 0 unspecified atom stereocenters. The molecule has 147 heavy (non-hydrogen) atoms. The van der Waals surface area contributed by atoms with Crippen molar-refractivity contribution in [1.82, 2.24) is 4.57 Å². The smallest absolute Gasteiger partial charge is 0.210 e. The summed E-state index contributed by atoms with van der Waals surface area (Å²) in [5, 5.41) is 12.7. The molecule has 0 radical (unpaired) electrons. The molecule has 0 spiro atoms. The van der Waals surface area contributed by atoms with Crippen molar-refractivity contribution in [2.24, 2.45) is 0 Å². The fourth-order valence-corrected chi connectivity index (χ4v) is 25.6. The van der Waals surface area contributed by atoms with E-state index in [1.807, 2.05) is 192 Å². The van der Waals surface area contributed by atoms with Gasteiger partial charge in [0.05, 0.1) is 151 Å². The van der Waals surface area contributed by atoms with Crippen LogP contribution >= 0.6 is 11.8 Å². The number of aromatic nitrogens is 1. The maximum absolute atomic E-state index is 13.5. The predicted octanol–water partition coefficient (Wildman–Crippen LogP) is 33.9. The van der Waals surface area contributed by atoms with E-state index < -0.39 is 20.6 Å². The molecule has 0 atom stereocenters. The van der Waals surface area contributed by atoms with Crippen molar-refractivity contribution in [1.29, 1.82) is 0 Å². The van der Waals surface area contributed by atoms with Crippen LogP contribution in [0.1, 0.15) is 80.6 Å². The normalized spacial score (nSPS) is 12.8. The second-order valence-corrected chi connectivity index (χ2v) is 42.7. The van der Waals surface area contributed by atoms with Crippen LogP contribution in [0.15, 0.2) is 404 Å². The van der Waals surface area contributed by atoms with Gasteiger partial charge in [0.2, 0.25) is 9.84 Å². The number of hydrogen-bond donors (Lipinski definition) is 0. The van der Waals surface area contributed by atoms with Gasteiger partial charge >= 0.3 is 0 Å². The molecule has 20 aromatic carbocycles. The van der Waals surface area contributed by atoms with Gasteiger partial charge in [0, 0.05) is 58.6 Å². The van der Waals surface area contributed by atoms with E-state index in [-0.39, 0.29) is 5.43 Å². The van der Waals surface area contributed by atoms with Gasteiger partial charge in [0.15, 0.2) is 5.43 Å².